The molecule has 1 aromatic heterocycles. The zero-order chi connectivity index (χ0) is 12.0. The first-order chi connectivity index (χ1) is 8.15. The quantitative estimate of drug-likeness (QED) is 0.316. The van der Waals surface area contributed by atoms with E-state index in [0.29, 0.717) is 16.2 Å². The number of rotatable bonds is 0. The van der Waals surface area contributed by atoms with Crippen LogP contribution in [0.3, 0.4) is 0 Å². The van der Waals surface area contributed by atoms with E-state index in [4.69, 9.17) is 24.8 Å². The van der Waals surface area contributed by atoms with Gasteiger partial charge in [0.1, 0.15) is 0 Å². The zero-order valence-corrected chi connectivity index (χ0v) is 14.0. The van der Waals surface area contributed by atoms with Gasteiger partial charge in [-0.25, -0.2) is 0 Å². The van der Waals surface area contributed by atoms with Crippen molar-refractivity contribution in [3.05, 3.63) is 34.2 Å². The molecular formula is C12H13N2NaOS2. The molecule has 0 saturated carbocycles. The van der Waals surface area contributed by atoms with Gasteiger partial charge in [-0.1, -0.05) is 10.4 Å². The van der Waals surface area contributed by atoms with Crippen LogP contribution in [-0.2, 0) is 19.2 Å². The molecule has 1 aromatic rings. The molecule has 2 unspecified atom stereocenters. The summed E-state index contributed by atoms with van der Waals surface area (Å²) >= 11 is 10.2. The van der Waals surface area contributed by atoms with Crippen LogP contribution in [0, 0.1) is 5.92 Å². The number of thiocarbonyl (C=S) groups is 1. The van der Waals surface area contributed by atoms with Gasteiger partial charge in [-0.3, -0.25) is 4.79 Å². The van der Waals surface area contributed by atoms with Gasteiger partial charge >= 0.3 is 29.6 Å². The molecular weight excluding hydrogens is 275 g/mol. The third kappa shape index (κ3) is 2.51. The second kappa shape index (κ2) is 5.59. The largest absolute Gasteiger partial charge is 1.00 e. The number of hydrogen-bond acceptors (Lipinski definition) is 3. The predicted molar refractivity (Wildman–Crippen MR) is 73.1 cm³/mol. The van der Waals surface area contributed by atoms with Gasteiger partial charge in [0.2, 0.25) is 0 Å². The van der Waals surface area contributed by atoms with Crippen LogP contribution >= 0.6 is 12.2 Å². The molecule has 1 fully saturated rings. The van der Waals surface area contributed by atoms with Crippen LogP contribution in [0.1, 0.15) is 18.0 Å². The van der Waals surface area contributed by atoms with Gasteiger partial charge in [0.15, 0.2) is 0 Å². The van der Waals surface area contributed by atoms with Gasteiger partial charge in [0.25, 0.3) is 5.56 Å². The Morgan fingerprint density at radius 2 is 2.11 bits per heavy atom. The minimum absolute atomic E-state index is 0. The summed E-state index contributed by atoms with van der Waals surface area (Å²) in [5.41, 5.74) is 1.26. The van der Waals surface area contributed by atoms with E-state index in [0.717, 1.165) is 31.7 Å². The Morgan fingerprint density at radius 3 is 2.83 bits per heavy atom. The maximum atomic E-state index is 11.8. The molecule has 1 saturated heterocycles. The normalized spacial score (nSPS) is 25.0. The molecule has 18 heavy (non-hydrogen) atoms. The van der Waals surface area contributed by atoms with E-state index in [2.05, 4.69) is 11.0 Å². The number of pyridine rings is 1. The van der Waals surface area contributed by atoms with Crippen LogP contribution in [0.15, 0.2) is 23.0 Å². The Bertz CT molecular complexity index is 531. The summed E-state index contributed by atoms with van der Waals surface area (Å²) < 4.78 is 2.48. The Morgan fingerprint density at radius 1 is 1.33 bits per heavy atom. The number of likely N-dealkylation sites (tertiary alicyclic amines) is 1. The van der Waals surface area contributed by atoms with Crippen molar-refractivity contribution in [2.75, 3.05) is 13.1 Å². The molecule has 2 atom stereocenters. The summed E-state index contributed by atoms with van der Waals surface area (Å²) in [7, 11) is 0. The zero-order valence-electron chi connectivity index (χ0n) is 10.3. The van der Waals surface area contributed by atoms with E-state index in [9.17, 15) is 4.79 Å². The second-order valence-electron chi connectivity index (χ2n) is 4.87. The summed E-state index contributed by atoms with van der Waals surface area (Å²) in [6.07, 6.45) is 1.15. The number of nitrogens with zero attached hydrogens (tertiary/aromatic N) is 2. The van der Waals surface area contributed by atoms with Crippen molar-refractivity contribution in [3.63, 3.8) is 0 Å². The Balaban J connectivity index is 0.00000120. The van der Waals surface area contributed by atoms with Gasteiger partial charge in [-0.05, 0) is 18.4 Å². The second-order valence-corrected chi connectivity index (χ2v) is 5.90. The topological polar surface area (TPSA) is 25.2 Å². The number of piperidine rings is 1. The van der Waals surface area contributed by atoms with Crippen LogP contribution in [0.25, 0.3) is 0 Å². The molecule has 90 valence electrons. The van der Waals surface area contributed by atoms with Crippen molar-refractivity contribution in [1.82, 2.24) is 9.47 Å². The maximum absolute atomic E-state index is 11.8. The van der Waals surface area contributed by atoms with E-state index in [1.165, 1.54) is 0 Å². The maximum Gasteiger partial charge on any atom is 1.00 e. The fraction of sp³-hybridized carbons (Fsp3) is 0.500. The van der Waals surface area contributed by atoms with E-state index < -0.39 is 0 Å². The van der Waals surface area contributed by atoms with Crippen LogP contribution in [0.4, 0.5) is 0 Å². The molecule has 3 rings (SSSR count). The summed E-state index contributed by atoms with van der Waals surface area (Å²) in [6.45, 7) is 2.57. The van der Waals surface area contributed by atoms with Crippen molar-refractivity contribution in [2.24, 2.45) is 5.92 Å². The summed E-state index contributed by atoms with van der Waals surface area (Å²) in [5, 5.41) is 0. The van der Waals surface area contributed by atoms with Crippen LogP contribution in [-0.4, -0.2) is 26.9 Å². The predicted octanol–water partition coefficient (Wildman–Crippen LogP) is -1.90. The first-order valence-electron chi connectivity index (χ1n) is 5.81. The Labute approximate surface area is 139 Å². The van der Waals surface area contributed by atoms with E-state index >= 15 is 0 Å². The van der Waals surface area contributed by atoms with E-state index in [1.807, 2.05) is 10.6 Å². The first kappa shape index (κ1) is 14.5. The molecule has 0 radical (unpaired) electrons. The van der Waals surface area contributed by atoms with E-state index in [-0.39, 0.29) is 35.1 Å². The van der Waals surface area contributed by atoms with Gasteiger partial charge in [-0.15, -0.1) is 0 Å². The molecule has 0 amide bonds. The summed E-state index contributed by atoms with van der Waals surface area (Å²) in [5.74, 6) is 0.902. The van der Waals surface area contributed by atoms with Crippen molar-refractivity contribution in [3.8, 4) is 0 Å². The molecule has 2 aliphatic heterocycles. The Kier molecular flexibility index (Phi) is 4.49. The van der Waals surface area contributed by atoms with E-state index in [1.54, 1.807) is 6.07 Å². The first-order valence-corrected chi connectivity index (χ1v) is 6.62. The molecule has 0 spiro atoms. The molecule has 2 bridgehead atoms. The average Bonchev–Trinajstić information content (AvgIpc) is 2.30. The molecule has 0 aliphatic carbocycles. The van der Waals surface area contributed by atoms with Crippen molar-refractivity contribution >= 4 is 29.2 Å². The SMILES string of the molecule is O=c1cccc2n1CC1CC2CN(C(=S)[S-])C1.[Na+]. The molecule has 0 aromatic carbocycles. The third-order valence-corrected chi connectivity index (χ3v) is 4.25. The van der Waals surface area contributed by atoms with Gasteiger partial charge in [0.05, 0.1) is 0 Å². The van der Waals surface area contributed by atoms with Crippen molar-refractivity contribution < 1.29 is 29.6 Å². The molecule has 2 aliphatic rings. The molecule has 6 heteroatoms. The minimum Gasteiger partial charge on any atom is -0.411 e. The molecule has 3 heterocycles. The molecule has 3 nitrogen and oxygen atoms in total. The van der Waals surface area contributed by atoms with Crippen molar-refractivity contribution in [2.45, 2.75) is 18.9 Å². The van der Waals surface area contributed by atoms with Crippen LogP contribution in [0.5, 0.6) is 0 Å². The number of fused-ring (bicyclic) bond motifs is 4. The van der Waals surface area contributed by atoms with Crippen LogP contribution < -0.4 is 35.1 Å². The van der Waals surface area contributed by atoms with Gasteiger partial charge in [0, 0.05) is 37.3 Å². The number of aromatic nitrogens is 1. The van der Waals surface area contributed by atoms with Gasteiger partial charge in [-0.2, -0.15) is 0 Å². The standard InChI is InChI=1S/C12H14N2OS2.Na/c15-11-3-1-2-10-9-4-8(6-14(10)11)5-13(7-9)12(16)17;/h1-3,8-9H,4-7H2,(H,16,17);/q;+1/p-1. The van der Waals surface area contributed by atoms with Gasteiger partial charge < -0.3 is 34.3 Å². The van der Waals surface area contributed by atoms with Crippen LogP contribution in [0.2, 0.25) is 0 Å². The fourth-order valence-electron chi connectivity index (χ4n) is 3.05. The van der Waals surface area contributed by atoms with Crippen molar-refractivity contribution in [1.29, 1.82) is 0 Å². The summed E-state index contributed by atoms with van der Waals surface area (Å²) in [4.78, 5) is 13.9. The smallest absolute Gasteiger partial charge is 0.411 e. The molecule has 0 N–H and O–H groups in total. The number of hydrogen-bond donors (Lipinski definition) is 0. The minimum atomic E-state index is 0. The monoisotopic (exact) mass is 288 g/mol. The Hall–Kier alpha value is 0.0600. The third-order valence-electron chi connectivity index (χ3n) is 3.74. The summed E-state index contributed by atoms with van der Waals surface area (Å²) in [6, 6.07) is 5.54. The average molecular weight is 288 g/mol. The fourth-order valence-corrected chi connectivity index (χ4v) is 3.34.